The molecular formula is C26H42N2O. The Kier molecular flexibility index (Phi) is 5.02. The lowest BCUT2D eigenvalue weighted by Gasteiger charge is -2.62. The average molecular weight is 399 g/mol. The Labute approximate surface area is 176 Å². The summed E-state index contributed by atoms with van der Waals surface area (Å²) in [6.07, 6.45) is 17.0. The van der Waals surface area contributed by atoms with E-state index in [1.807, 2.05) is 0 Å². The van der Waals surface area contributed by atoms with Crippen LogP contribution in [0.5, 0.6) is 0 Å². The predicted octanol–water partition coefficient (Wildman–Crippen LogP) is 6.32. The van der Waals surface area contributed by atoms with E-state index < -0.39 is 0 Å². The Morgan fingerprint density at radius 2 is 1.79 bits per heavy atom. The first-order chi connectivity index (χ1) is 13.9. The molecule has 0 aromatic carbocycles. The minimum Gasteiger partial charge on any atom is -0.302 e. The zero-order valence-corrected chi connectivity index (χ0v) is 18.9. The molecule has 3 unspecified atom stereocenters. The van der Waals surface area contributed by atoms with Crippen LogP contribution in [-0.2, 0) is 6.42 Å². The average Bonchev–Trinajstić information content (AvgIpc) is 3.25. The number of H-pyrrole nitrogens is 2. The van der Waals surface area contributed by atoms with Gasteiger partial charge in [0.1, 0.15) is 0 Å². The minimum absolute atomic E-state index is 0.00662. The smallest absolute Gasteiger partial charge is 0.264 e. The maximum Gasteiger partial charge on any atom is 0.264 e. The normalized spacial score (nSPS) is 46.7. The summed E-state index contributed by atoms with van der Waals surface area (Å²) in [5.74, 6) is 5.81. The second-order valence-electron chi connectivity index (χ2n) is 11.9. The van der Waals surface area contributed by atoms with Crippen molar-refractivity contribution >= 4 is 0 Å². The topological polar surface area (TPSA) is 48.6 Å². The van der Waals surface area contributed by atoms with Gasteiger partial charge in [0.05, 0.1) is 0 Å². The van der Waals surface area contributed by atoms with Crippen LogP contribution in [-0.4, -0.2) is 10.2 Å². The highest BCUT2D eigenvalue weighted by Crippen LogP contribution is 2.68. The van der Waals surface area contributed by atoms with Crippen molar-refractivity contribution in [3.63, 3.8) is 0 Å². The quantitative estimate of drug-likeness (QED) is 0.612. The summed E-state index contributed by atoms with van der Waals surface area (Å²) in [4.78, 5) is 11.3. The summed E-state index contributed by atoms with van der Waals surface area (Å²) >= 11 is 0. The third-order valence-electron chi connectivity index (χ3n) is 10.8. The van der Waals surface area contributed by atoms with Crippen LogP contribution in [0, 0.1) is 46.3 Å². The summed E-state index contributed by atoms with van der Waals surface area (Å²) in [5, 5.41) is 5.71. The second-order valence-corrected chi connectivity index (χ2v) is 11.9. The highest BCUT2D eigenvalue weighted by molar-refractivity contribution is 5.10. The van der Waals surface area contributed by atoms with E-state index in [2.05, 4.69) is 31.0 Å². The van der Waals surface area contributed by atoms with Crippen LogP contribution in [0.25, 0.3) is 0 Å². The van der Waals surface area contributed by atoms with Crippen molar-refractivity contribution in [1.29, 1.82) is 0 Å². The Bertz CT molecular complexity index is 780. The van der Waals surface area contributed by atoms with Crippen LogP contribution in [0.15, 0.2) is 10.9 Å². The molecule has 0 aliphatic heterocycles. The number of nitrogens with one attached hydrogen (secondary N) is 2. The van der Waals surface area contributed by atoms with Crippen molar-refractivity contribution in [2.24, 2.45) is 46.3 Å². The number of fused-ring (bicyclic) bond motifs is 5. The van der Waals surface area contributed by atoms with Crippen LogP contribution >= 0.6 is 0 Å². The molecule has 3 nitrogen and oxygen atoms in total. The Hall–Kier alpha value is -0.990. The van der Waals surface area contributed by atoms with Gasteiger partial charge in [0.2, 0.25) is 0 Å². The standard InChI is InChI=1S/C26H42N2O/c1-17-15-20-22-11-10-18(7-6-8-19-16-24(29)28-27-19)25(22,2)14-12-23(20)26(3)13-5-4-9-21(17)26/h16-18,20-23H,4-15H2,1-3H3,(H2,27,28,29)/t17-,18?,20-,21?,22?,23-,25+,26-/m0/s1. The molecule has 2 N–H and O–H groups in total. The van der Waals surface area contributed by atoms with Crippen molar-refractivity contribution in [3.05, 3.63) is 22.1 Å². The molecular weight excluding hydrogens is 356 g/mol. The largest absolute Gasteiger partial charge is 0.302 e. The van der Waals surface area contributed by atoms with Gasteiger partial charge in [0, 0.05) is 11.8 Å². The zero-order valence-electron chi connectivity index (χ0n) is 18.9. The van der Waals surface area contributed by atoms with Gasteiger partial charge in [-0.05, 0) is 111 Å². The molecule has 0 radical (unpaired) electrons. The molecule has 0 amide bonds. The van der Waals surface area contributed by atoms with Gasteiger partial charge in [-0.1, -0.05) is 33.6 Å². The zero-order chi connectivity index (χ0) is 20.2. The van der Waals surface area contributed by atoms with Gasteiger partial charge < -0.3 is 5.10 Å². The molecule has 0 spiro atoms. The van der Waals surface area contributed by atoms with Crippen molar-refractivity contribution in [1.82, 2.24) is 10.2 Å². The Balaban J connectivity index is 1.29. The lowest BCUT2D eigenvalue weighted by Crippen LogP contribution is -2.55. The van der Waals surface area contributed by atoms with E-state index in [0.29, 0.717) is 10.8 Å². The highest BCUT2D eigenvalue weighted by Gasteiger charge is 2.60. The second kappa shape index (κ2) is 7.31. The van der Waals surface area contributed by atoms with Gasteiger partial charge in [-0.15, -0.1) is 0 Å². The summed E-state index contributed by atoms with van der Waals surface area (Å²) in [7, 11) is 0. The number of hydrogen-bond acceptors (Lipinski definition) is 1. The van der Waals surface area contributed by atoms with Gasteiger partial charge in [0.25, 0.3) is 5.56 Å². The van der Waals surface area contributed by atoms with Gasteiger partial charge in [0.15, 0.2) is 0 Å². The molecule has 4 fully saturated rings. The Morgan fingerprint density at radius 1 is 0.966 bits per heavy atom. The summed E-state index contributed by atoms with van der Waals surface area (Å²) in [5.41, 5.74) is 2.30. The first-order valence-electron chi connectivity index (χ1n) is 12.7. The minimum atomic E-state index is 0.00662. The SMILES string of the molecule is C[C@H]1C[C@H]2C3CCC(CCCc4cc(=O)[nH][nH]4)[C@@]3(C)CC[C@@H]2[C@@]2(C)CCCCC12. The summed E-state index contributed by atoms with van der Waals surface area (Å²) < 4.78 is 0. The third kappa shape index (κ3) is 3.17. The van der Waals surface area contributed by atoms with Crippen LogP contribution in [0.4, 0.5) is 0 Å². The van der Waals surface area contributed by atoms with Gasteiger partial charge in [-0.2, -0.15) is 0 Å². The molecule has 29 heavy (non-hydrogen) atoms. The molecule has 5 rings (SSSR count). The molecule has 0 saturated heterocycles. The molecule has 1 aromatic heterocycles. The van der Waals surface area contributed by atoms with Crippen molar-refractivity contribution in [3.8, 4) is 0 Å². The van der Waals surface area contributed by atoms with Crippen LogP contribution in [0.1, 0.15) is 97.1 Å². The van der Waals surface area contributed by atoms with Crippen molar-refractivity contribution < 1.29 is 0 Å². The molecule has 1 aromatic rings. The van der Waals surface area contributed by atoms with E-state index in [-0.39, 0.29) is 5.56 Å². The molecule has 0 bridgehead atoms. The fourth-order valence-corrected chi connectivity index (χ4v) is 9.44. The van der Waals surface area contributed by atoms with Gasteiger partial charge >= 0.3 is 0 Å². The first kappa shape index (κ1) is 19.9. The van der Waals surface area contributed by atoms with Crippen LogP contribution in [0.3, 0.4) is 0 Å². The Morgan fingerprint density at radius 3 is 2.59 bits per heavy atom. The van der Waals surface area contributed by atoms with E-state index in [0.717, 1.165) is 47.6 Å². The molecule has 1 heterocycles. The first-order valence-corrected chi connectivity index (χ1v) is 12.7. The van der Waals surface area contributed by atoms with Crippen molar-refractivity contribution in [2.45, 2.75) is 97.8 Å². The number of aryl methyl sites for hydroxylation is 1. The molecule has 4 saturated carbocycles. The van der Waals surface area contributed by atoms with E-state index in [1.54, 1.807) is 6.07 Å². The van der Waals surface area contributed by atoms with Gasteiger partial charge in [-0.25, -0.2) is 0 Å². The lowest BCUT2D eigenvalue weighted by atomic mass is 9.43. The highest BCUT2D eigenvalue weighted by atomic mass is 16.1. The van der Waals surface area contributed by atoms with Crippen LogP contribution < -0.4 is 5.56 Å². The molecule has 8 atom stereocenters. The predicted molar refractivity (Wildman–Crippen MR) is 119 cm³/mol. The van der Waals surface area contributed by atoms with Crippen molar-refractivity contribution in [2.75, 3.05) is 0 Å². The maximum absolute atomic E-state index is 11.3. The molecule has 4 aliphatic rings. The molecule has 4 aliphatic carbocycles. The summed E-state index contributed by atoms with van der Waals surface area (Å²) in [6, 6.07) is 1.73. The van der Waals surface area contributed by atoms with E-state index >= 15 is 0 Å². The lowest BCUT2D eigenvalue weighted by molar-refractivity contribution is -0.131. The van der Waals surface area contributed by atoms with E-state index in [4.69, 9.17) is 0 Å². The third-order valence-corrected chi connectivity index (χ3v) is 10.8. The fraction of sp³-hybridized carbons (Fsp3) is 0.885. The van der Waals surface area contributed by atoms with E-state index in [9.17, 15) is 4.79 Å². The van der Waals surface area contributed by atoms with Gasteiger partial charge in [-0.3, -0.25) is 9.89 Å². The molecule has 162 valence electrons. The number of rotatable bonds is 4. The molecule has 3 heteroatoms. The van der Waals surface area contributed by atoms with E-state index in [1.165, 1.54) is 70.6 Å². The summed E-state index contributed by atoms with van der Waals surface area (Å²) in [6.45, 7) is 7.97. The number of hydrogen-bond donors (Lipinski definition) is 2. The maximum atomic E-state index is 11.3. The monoisotopic (exact) mass is 398 g/mol. The van der Waals surface area contributed by atoms with Crippen LogP contribution in [0.2, 0.25) is 0 Å². The number of aromatic amines is 2. The fourth-order valence-electron chi connectivity index (χ4n) is 9.44. The number of aromatic nitrogens is 2.